The monoisotopic (exact) mass is 1260 g/mol. The number of carboxylic acid groups (broad SMARTS) is 3. The van der Waals surface area contributed by atoms with Crippen molar-refractivity contribution in [1.82, 2.24) is 24.6 Å². The Bertz CT molecular complexity index is 3710. The molecule has 6 aliphatic rings. The van der Waals surface area contributed by atoms with Crippen molar-refractivity contribution in [3.63, 3.8) is 0 Å². The Labute approximate surface area is 522 Å². The van der Waals surface area contributed by atoms with Gasteiger partial charge in [0.05, 0.1) is 34.3 Å². The number of carbonyl (C=O) groups excluding carboxylic acids is 2. The number of carbonyl (C=O) groups is 5. The molecule has 5 fully saturated rings. The molecule has 90 heavy (non-hydrogen) atoms. The minimum absolute atomic E-state index is 0.00955. The van der Waals surface area contributed by atoms with Crippen LogP contribution in [0.3, 0.4) is 0 Å². The third kappa shape index (κ3) is 13.3. The number of benzene rings is 3. The highest BCUT2D eigenvalue weighted by Gasteiger charge is 2.66. The summed E-state index contributed by atoms with van der Waals surface area (Å²) >= 11 is 1.34. The number of aliphatic hydroxyl groups is 3. The molecule has 0 spiro atoms. The number of aliphatic carboxylic acids is 2. The molecule has 12 rings (SSSR count). The predicted octanol–water partition coefficient (Wildman–Crippen LogP) is 6.79. The van der Waals surface area contributed by atoms with E-state index in [1.807, 2.05) is 40.8 Å². The van der Waals surface area contributed by atoms with Crippen LogP contribution in [0.1, 0.15) is 102 Å². The molecule has 4 bridgehead atoms. The Kier molecular flexibility index (Phi) is 18.0. The number of aromatic carboxylic acids is 1. The van der Waals surface area contributed by atoms with E-state index in [0.29, 0.717) is 94.8 Å². The molecule has 3 aromatic heterocycles. The van der Waals surface area contributed by atoms with Gasteiger partial charge in [-0.1, -0.05) is 49.5 Å². The highest BCUT2D eigenvalue weighted by molar-refractivity contribution is 7.22. The van der Waals surface area contributed by atoms with Gasteiger partial charge in [-0.2, -0.15) is 5.10 Å². The fourth-order valence-corrected chi connectivity index (χ4v) is 16.0. The summed E-state index contributed by atoms with van der Waals surface area (Å²) in [5.41, 5.74) is 10.3. The lowest BCUT2D eigenvalue weighted by Gasteiger charge is -2.69. The molecule has 2 unspecified atom stereocenters. The number of amides is 2. The number of pyridine rings is 1. The van der Waals surface area contributed by atoms with Crippen molar-refractivity contribution in [2.24, 2.45) is 22.0 Å². The van der Waals surface area contributed by atoms with Crippen molar-refractivity contribution in [2.45, 2.75) is 122 Å². The molecule has 10 N–H and O–H groups in total. The lowest BCUT2D eigenvalue weighted by atomic mass is 9.39. The minimum atomic E-state index is -1.87. The normalized spacial score (nSPS) is 25.9. The number of nitrogens with zero attached hydrogens (tertiary/aromatic N) is 6. The first-order valence-corrected chi connectivity index (χ1v) is 30.8. The number of hydrogen-bond donors (Lipinski definition) is 9. The lowest BCUT2D eigenvalue weighted by Crippen LogP contribution is -2.64. The maximum atomic E-state index is 14.0. The molecule has 4 aliphatic carbocycles. The molecular formula is C64H75N9O16S. The third-order valence-corrected chi connectivity index (χ3v) is 18.9. The van der Waals surface area contributed by atoms with Gasteiger partial charge in [-0.15, -0.1) is 0 Å². The van der Waals surface area contributed by atoms with Crippen LogP contribution in [-0.2, 0) is 43.3 Å². The summed E-state index contributed by atoms with van der Waals surface area (Å²) < 4.78 is 32.3. The summed E-state index contributed by atoms with van der Waals surface area (Å²) in [6.45, 7) is 8.59. The summed E-state index contributed by atoms with van der Waals surface area (Å²) in [5.74, 6) is -3.39. The number of ether oxygens (including phenoxy) is 5. The second kappa shape index (κ2) is 25.6. The fourth-order valence-electron chi connectivity index (χ4n) is 15.2. The number of fused-ring (bicyclic) bond motifs is 2. The SMILES string of the molecule is Cc1c(-c2ccc(N3CCc4c(OCC(=O)O)ccc(C(=O)Nc5nc6ccccc6s5)c4C3)nc2C(=O)O)cnn1CC12CC3(C)CC(C)(C1)CC(OCCN(C)C(=O)OC/C=C/c1ccc(O[C@@H]4O[C@H](C(=O)O)[C@@H](O)[C@H](O)[C@H]4O)c(NCCCN)c1)(C3)C2. The summed E-state index contributed by atoms with van der Waals surface area (Å²) in [4.78, 5) is 76.4. The van der Waals surface area contributed by atoms with Crippen LogP contribution in [0.4, 0.5) is 21.4 Å². The van der Waals surface area contributed by atoms with Crippen LogP contribution in [0.5, 0.6) is 11.5 Å². The van der Waals surface area contributed by atoms with Crippen LogP contribution in [-0.4, -0.2) is 175 Å². The first-order valence-electron chi connectivity index (χ1n) is 30.0. The second-order valence-corrected chi connectivity index (χ2v) is 26.4. The number of hydrogen-bond acceptors (Lipinski definition) is 20. The van der Waals surface area contributed by atoms with Crippen molar-refractivity contribution in [3.05, 3.63) is 113 Å². The van der Waals surface area contributed by atoms with Gasteiger partial charge in [0.25, 0.3) is 5.91 Å². The molecule has 0 radical (unpaired) electrons. The van der Waals surface area contributed by atoms with Gasteiger partial charge in [0.1, 0.15) is 42.2 Å². The Hall–Kier alpha value is -8.24. The quantitative estimate of drug-likeness (QED) is 0.0282. The lowest BCUT2D eigenvalue weighted by molar-refractivity contribution is -0.271. The smallest absolute Gasteiger partial charge is 0.409 e. The highest BCUT2D eigenvalue weighted by Crippen LogP contribution is 2.72. The van der Waals surface area contributed by atoms with Crippen molar-refractivity contribution in [2.75, 3.05) is 68.6 Å². The average Bonchev–Trinajstić information content (AvgIpc) is 0.722. The molecule has 1 saturated heterocycles. The molecule has 478 valence electrons. The van der Waals surface area contributed by atoms with Gasteiger partial charge < -0.3 is 75.2 Å². The number of aromatic nitrogens is 4. The molecule has 2 aliphatic heterocycles. The van der Waals surface area contributed by atoms with Crippen LogP contribution < -0.4 is 30.7 Å². The molecule has 4 saturated carbocycles. The van der Waals surface area contributed by atoms with Crippen molar-refractivity contribution < 1.29 is 78.3 Å². The first-order chi connectivity index (χ1) is 43.0. The van der Waals surface area contributed by atoms with E-state index in [4.69, 9.17) is 39.5 Å². The number of thiazole rings is 1. The summed E-state index contributed by atoms with van der Waals surface area (Å²) in [7, 11) is 1.66. The van der Waals surface area contributed by atoms with E-state index >= 15 is 0 Å². The number of likely N-dealkylation sites (N-methyl/N-ethyl adjacent to an activating group) is 1. The fraction of sp³-hybridized carbons (Fsp3) is 0.469. The van der Waals surface area contributed by atoms with Gasteiger partial charge in [-0.05, 0) is 147 Å². The zero-order valence-electron chi connectivity index (χ0n) is 50.4. The van der Waals surface area contributed by atoms with E-state index in [1.165, 1.54) is 16.2 Å². The summed E-state index contributed by atoms with van der Waals surface area (Å²) in [6.07, 6.45) is 2.21. The number of anilines is 3. The van der Waals surface area contributed by atoms with E-state index in [9.17, 15) is 54.6 Å². The van der Waals surface area contributed by atoms with Crippen LogP contribution >= 0.6 is 11.3 Å². The number of aliphatic hydroxyl groups excluding tert-OH is 3. The van der Waals surface area contributed by atoms with Crippen molar-refractivity contribution in [1.29, 1.82) is 0 Å². The van der Waals surface area contributed by atoms with Gasteiger partial charge in [0, 0.05) is 67.7 Å². The summed E-state index contributed by atoms with van der Waals surface area (Å²) in [5, 5.41) is 72.1. The van der Waals surface area contributed by atoms with Crippen molar-refractivity contribution in [3.8, 4) is 22.6 Å². The average molecular weight is 1260 g/mol. The van der Waals surface area contributed by atoms with Crippen LogP contribution in [0.15, 0.2) is 79.0 Å². The van der Waals surface area contributed by atoms with E-state index in [1.54, 1.807) is 67.9 Å². The van der Waals surface area contributed by atoms with Gasteiger partial charge in [-0.3, -0.25) is 14.8 Å². The van der Waals surface area contributed by atoms with Gasteiger partial charge in [-0.25, -0.2) is 29.1 Å². The van der Waals surface area contributed by atoms with Crippen LogP contribution in [0.2, 0.25) is 0 Å². The maximum absolute atomic E-state index is 14.0. The van der Waals surface area contributed by atoms with Gasteiger partial charge >= 0.3 is 24.0 Å². The number of carboxylic acids is 3. The van der Waals surface area contributed by atoms with E-state index < -0.39 is 72.8 Å². The molecule has 3 aromatic carbocycles. The molecule has 6 aromatic rings. The summed E-state index contributed by atoms with van der Waals surface area (Å²) in [6, 6.07) is 19.3. The van der Waals surface area contributed by atoms with Gasteiger partial charge in [0.2, 0.25) is 6.29 Å². The Balaban J connectivity index is 0.728. The third-order valence-electron chi connectivity index (χ3n) is 17.9. The molecule has 25 nitrogen and oxygen atoms in total. The first kappa shape index (κ1) is 63.3. The van der Waals surface area contributed by atoms with E-state index in [-0.39, 0.29) is 54.0 Å². The Morgan fingerprint density at radius 1 is 0.889 bits per heavy atom. The van der Waals surface area contributed by atoms with Crippen molar-refractivity contribution >= 4 is 74.2 Å². The highest BCUT2D eigenvalue weighted by atomic mass is 32.1. The minimum Gasteiger partial charge on any atom is -0.482 e. The Morgan fingerprint density at radius 3 is 2.39 bits per heavy atom. The zero-order chi connectivity index (χ0) is 63.9. The molecule has 5 heterocycles. The Morgan fingerprint density at radius 2 is 1.66 bits per heavy atom. The number of nitrogens with two attached hydrogens (primary N) is 1. The largest absolute Gasteiger partial charge is 0.482 e. The maximum Gasteiger partial charge on any atom is 0.409 e. The standard InChI is InChI=1S/C64H75N9O16S/c1-36-41(39-14-17-48(69-50(39)56(80)81)72-21-18-38-42(27-72)40(13-16-45(38)86-28-49(74)75)55(79)70-59-68-43-10-5-6-11-47(43)90-59)26-67-73(36)35-63-30-61(2)29-62(3,31-63)33-64(32-61,34-63)87-24-22-71(4)60(84)85-23-7-9-37-12-15-46(44(25-37)66-20-8-19-65)88-58-53(78)51(76)52(77)54(89-58)57(82)83/h5-7,9-17,25-26,51-54,58,66,76-78H,8,18-24,27-35,65H2,1-4H3,(H,74,75)(H,80,81)(H,82,83)(H,68,70,79)/b9-7+/t51-,52-,53+,54-,58+,61?,62?,63?,64?/m0/s1. The number of rotatable bonds is 24. The number of nitrogens with one attached hydrogen (secondary N) is 2. The predicted molar refractivity (Wildman–Crippen MR) is 331 cm³/mol. The van der Waals surface area contributed by atoms with Crippen LogP contribution in [0.25, 0.3) is 27.4 Å². The van der Waals surface area contributed by atoms with E-state index in [2.05, 4.69) is 29.5 Å². The van der Waals surface area contributed by atoms with Gasteiger partial charge in [0.15, 0.2) is 23.5 Å². The molecule has 26 heteroatoms. The van der Waals surface area contributed by atoms with Crippen LogP contribution in [0, 0.1) is 23.2 Å². The molecule has 2 amide bonds. The topological polar surface area (TPSA) is 353 Å². The van der Waals surface area contributed by atoms with E-state index in [0.717, 1.165) is 54.4 Å². The molecule has 7 atom stereocenters. The number of para-hydroxylation sites is 1. The molecular weight excluding hydrogens is 1180 g/mol. The second-order valence-electron chi connectivity index (χ2n) is 25.3. The zero-order valence-corrected chi connectivity index (χ0v) is 51.2.